The molecule has 1 fully saturated rings. The fourth-order valence-corrected chi connectivity index (χ4v) is 4.77. The molecule has 0 aliphatic heterocycles. The van der Waals surface area contributed by atoms with Crippen LogP contribution in [-0.2, 0) is 6.11 Å². The van der Waals surface area contributed by atoms with Gasteiger partial charge in [0.1, 0.15) is 5.75 Å². The molecule has 2 nitrogen and oxygen atoms in total. The Kier molecular flexibility index (Phi) is 7.71. The van der Waals surface area contributed by atoms with E-state index < -0.39 is 41.2 Å². The van der Waals surface area contributed by atoms with E-state index in [2.05, 4.69) is 11.7 Å². The lowest BCUT2D eigenvalue weighted by Gasteiger charge is -2.28. The third-order valence-electron chi connectivity index (χ3n) is 6.79. The van der Waals surface area contributed by atoms with E-state index in [0.717, 1.165) is 37.7 Å². The summed E-state index contributed by atoms with van der Waals surface area (Å²) in [6.07, 6.45) is -3.70. The van der Waals surface area contributed by atoms with E-state index in [9.17, 15) is 22.0 Å². The molecule has 0 spiro atoms. The number of hydrogen-bond donors (Lipinski definition) is 0. The predicted molar refractivity (Wildman–Crippen MR) is 124 cm³/mol. The minimum Gasteiger partial charge on any atom is -0.428 e. The zero-order valence-corrected chi connectivity index (χ0v) is 19.9. The van der Waals surface area contributed by atoms with Gasteiger partial charge in [0.05, 0.1) is 5.56 Å². The third kappa shape index (κ3) is 6.37. The van der Waals surface area contributed by atoms with Gasteiger partial charge in [0.25, 0.3) is 0 Å². The normalized spacial score (nSPS) is 18.5. The molecule has 37 heavy (non-hydrogen) atoms. The van der Waals surface area contributed by atoms with Crippen molar-refractivity contribution in [2.45, 2.75) is 57.4 Å². The second-order valence-corrected chi connectivity index (χ2v) is 9.18. The van der Waals surface area contributed by atoms with Gasteiger partial charge in [-0.25, -0.2) is 8.78 Å². The van der Waals surface area contributed by atoms with E-state index in [1.54, 1.807) is 12.1 Å². The van der Waals surface area contributed by atoms with Gasteiger partial charge in [0, 0.05) is 5.56 Å². The largest absolute Gasteiger partial charge is 0.573 e. The molecule has 1 aliphatic carbocycles. The van der Waals surface area contributed by atoms with Gasteiger partial charge in [0.15, 0.2) is 11.6 Å². The van der Waals surface area contributed by atoms with Gasteiger partial charge < -0.3 is 9.47 Å². The average Bonchev–Trinajstić information content (AvgIpc) is 2.86. The monoisotopic (exact) mass is 526 g/mol. The summed E-state index contributed by atoms with van der Waals surface area (Å²) < 4.78 is 104. The van der Waals surface area contributed by atoms with Crippen molar-refractivity contribution in [3.8, 4) is 22.6 Å². The molecule has 3 aromatic rings. The van der Waals surface area contributed by atoms with E-state index in [4.69, 9.17) is 4.74 Å². The fraction of sp³-hybridized carbons (Fsp3) is 0.357. The van der Waals surface area contributed by atoms with E-state index in [0.29, 0.717) is 24.0 Å². The lowest BCUT2D eigenvalue weighted by molar-refractivity contribution is -0.276. The first kappa shape index (κ1) is 26.8. The van der Waals surface area contributed by atoms with Crippen LogP contribution in [0, 0.1) is 17.6 Å². The molecule has 0 amide bonds. The smallest absolute Gasteiger partial charge is 0.428 e. The van der Waals surface area contributed by atoms with Gasteiger partial charge in [-0.15, -0.1) is 13.2 Å². The van der Waals surface area contributed by atoms with E-state index >= 15 is 8.78 Å². The second kappa shape index (κ2) is 10.6. The lowest BCUT2D eigenvalue weighted by atomic mass is 9.78. The van der Waals surface area contributed by atoms with Crippen LogP contribution in [-0.4, -0.2) is 6.36 Å². The average molecular weight is 526 g/mol. The molecule has 9 heteroatoms. The Morgan fingerprint density at radius 1 is 0.784 bits per heavy atom. The van der Waals surface area contributed by atoms with Gasteiger partial charge in [-0.2, -0.15) is 8.78 Å². The molecule has 0 radical (unpaired) electrons. The van der Waals surface area contributed by atoms with Crippen molar-refractivity contribution in [1.82, 2.24) is 0 Å². The van der Waals surface area contributed by atoms with Gasteiger partial charge >= 0.3 is 12.5 Å². The van der Waals surface area contributed by atoms with E-state index in [-0.39, 0.29) is 11.1 Å². The summed E-state index contributed by atoms with van der Waals surface area (Å²) in [7, 11) is 0. The summed E-state index contributed by atoms with van der Waals surface area (Å²) in [6.45, 7) is 2.17. The maximum Gasteiger partial charge on any atom is 0.573 e. The molecule has 0 bridgehead atoms. The van der Waals surface area contributed by atoms with Crippen LogP contribution in [0.4, 0.5) is 30.7 Å². The van der Waals surface area contributed by atoms with Crippen molar-refractivity contribution in [1.29, 1.82) is 0 Å². The quantitative estimate of drug-likeness (QED) is 0.286. The van der Waals surface area contributed by atoms with Gasteiger partial charge in [-0.3, -0.25) is 0 Å². The number of rotatable bonds is 7. The van der Waals surface area contributed by atoms with E-state index in [1.165, 1.54) is 36.4 Å². The highest BCUT2D eigenvalue weighted by atomic mass is 19.4. The molecule has 0 saturated heterocycles. The molecule has 4 rings (SSSR count). The Balaban J connectivity index is 1.55. The van der Waals surface area contributed by atoms with Crippen LogP contribution in [0.25, 0.3) is 11.1 Å². The van der Waals surface area contributed by atoms with Crippen LogP contribution in [0.3, 0.4) is 0 Å². The summed E-state index contributed by atoms with van der Waals surface area (Å²) in [6, 6.07) is 12.3. The number of hydrogen-bond acceptors (Lipinski definition) is 2. The van der Waals surface area contributed by atoms with Crippen LogP contribution in [0.5, 0.6) is 11.5 Å². The molecule has 3 aromatic carbocycles. The van der Waals surface area contributed by atoms with Crippen LogP contribution >= 0.6 is 0 Å². The molecular formula is C28H25F7O2. The van der Waals surface area contributed by atoms with Gasteiger partial charge in [0.2, 0.25) is 5.75 Å². The molecule has 198 valence electrons. The minimum absolute atomic E-state index is 0.136. The Morgan fingerprint density at radius 3 is 1.95 bits per heavy atom. The molecule has 1 saturated carbocycles. The van der Waals surface area contributed by atoms with Crippen molar-refractivity contribution >= 4 is 0 Å². The summed E-state index contributed by atoms with van der Waals surface area (Å²) in [5, 5.41) is 0. The summed E-state index contributed by atoms with van der Waals surface area (Å²) >= 11 is 0. The topological polar surface area (TPSA) is 18.5 Å². The van der Waals surface area contributed by atoms with Crippen molar-refractivity contribution in [2.75, 3.05) is 0 Å². The van der Waals surface area contributed by atoms with Crippen molar-refractivity contribution in [2.24, 2.45) is 5.92 Å². The highest BCUT2D eigenvalue weighted by Crippen LogP contribution is 2.41. The minimum atomic E-state index is -5.31. The first-order valence-electron chi connectivity index (χ1n) is 12.0. The predicted octanol–water partition coefficient (Wildman–Crippen LogP) is 9.34. The van der Waals surface area contributed by atoms with Crippen LogP contribution < -0.4 is 9.47 Å². The third-order valence-corrected chi connectivity index (χ3v) is 6.79. The van der Waals surface area contributed by atoms with Crippen LogP contribution in [0.1, 0.15) is 56.1 Å². The first-order valence-corrected chi connectivity index (χ1v) is 12.0. The van der Waals surface area contributed by atoms with Gasteiger partial charge in [-0.05, 0) is 79.0 Å². The number of para-hydroxylation sites is 1. The lowest BCUT2D eigenvalue weighted by Crippen LogP contribution is -2.22. The zero-order valence-electron chi connectivity index (χ0n) is 19.9. The standard InChI is InChI=1S/C28H25F7O2/c1-2-17-7-9-18(10-8-17)19-11-13-21(14-12-19)27(31,32)36-25-6-4-3-5-22(25)20-15-23(29)26(24(30)16-20)37-28(33,34)35/h3-6,11-18H,2,7-10H2,1H3. The zero-order chi connectivity index (χ0) is 26.8. The molecule has 1 aliphatic rings. The maximum absolute atomic E-state index is 15.1. The fourth-order valence-electron chi connectivity index (χ4n) is 4.77. The summed E-state index contributed by atoms with van der Waals surface area (Å²) in [4.78, 5) is 0. The van der Waals surface area contributed by atoms with Crippen LogP contribution in [0.2, 0.25) is 0 Å². The Hall–Kier alpha value is -3.23. The molecule has 0 atom stereocenters. The molecule has 0 heterocycles. The SMILES string of the molecule is CCC1CCC(c2ccc(C(F)(F)Oc3ccccc3-c3cc(F)c(OC(F)(F)F)c(F)c3)cc2)CC1. The van der Waals surface area contributed by atoms with E-state index in [1.807, 2.05) is 0 Å². The second-order valence-electron chi connectivity index (χ2n) is 9.18. The molecule has 0 N–H and O–H groups in total. The number of ether oxygens (including phenoxy) is 2. The van der Waals surface area contributed by atoms with Gasteiger partial charge in [-0.1, -0.05) is 43.7 Å². The molecular weight excluding hydrogens is 501 g/mol. The van der Waals surface area contributed by atoms with Crippen LogP contribution in [0.15, 0.2) is 60.7 Å². The van der Waals surface area contributed by atoms with Crippen molar-refractivity contribution < 1.29 is 40.2 Å². The number of benzene rings is 3. The highest BCUT2D eigenvalue weighted by molar-refractivity contribution is 5.71. The van der Waals surface area contributed by atoms with Crippen molar-refractivity contribution in [3.05, 3.63) is 83.4 Å². The first-order chi connectivity index (χ1) is 17.5. The van der Waals surface area contributed by atoms with Crippen molar-refractivity contribution in [3.63, 3.8) is 0 Å². The Bertz CT molecular complexity index is 1190. The highest BCUT2D eigenvalue weighted by Gasteiger charge is 2.37. The summed E-state index contributed by atoms with van der Waals surface area (Å²) in [5.74, 6) is -4.29. The maximum atomic E-state index is 15.1. The molecule has 0 unspecified atom stereocenters. The Morgan fingerprint density at radius 2 is 1.38 bits per heavy atom. The Labute approximate surface area is 210 Å². The summed E-state index contributed by atoms with van der Waals surface area (Å²) in [5.41, 5.74) is 0.151. The number of halogens is 7. The number of alkyl halides is 5. The molecule has 0 aromatic heterocycles.